The maximum absolute atomic E-state index is 11.4. The fourth-order valence-electron chi connectivity index (χ4n) is 3.67. The normalized spacial score (nSPS) is 11.6. The Hall–Kier alpha value is -3.90. The Bertz CT molecular complexity index is 1310. The van der Waals surface area contributed by atoms with Gasteiger partial charge in [0, 0.05) is 44.9 Å². The summed E-state index contributed by atoms with van der Waals surface area (Å²) in [4.78, 5) is 67.1. The van der Waals surface area contributed by atoms with E-state index in [2.05, 4.69) is 21.3 Å². The van der Waals surface area contributed by atoms with Crippen LogP contribution < -0.4 is 27.0 Å². The van der Waals surface area contributed by atoms with Crippen LogP contribution in [0.4, 0.5) is 0 Å². The zero-order valence-electron chi connectivity index (χ0n) is 40.9. The fraction of sp³-hybridized carbons (Fsp3) is 0.733. The molecule has 0 radical (unpaired) electrons. The molecule has 1 aromatic carbocycles. The molecule has 6 N–H and O–H groups in total. The number of carbonyl (C=O) groups excluding carboxylic acids is 6. The maximum atomic E-state index is 11.4. The van der Waals surface area contributed by atoms with Gasteiger partial charge >= 0.3 is 30.6 Å². The number of benzene rings is 1. The average Bonchev–Trinajstić information content (AvgIpc) is 3.17. The predicted molar refractivity (Wildman–Crippen MR) is 246 cm³/mol. The summed E-state index contributed by atoms with van der Waals surface area (Å²) in [5.41, 5.74) is 5.34. The van der Waals surface area contributed by atoms with E-state index in [4.69, 9.17) is 29.4 Å². The van der Waals surface area contributed by atoms with E-state index >= 15 is 0 Å². The summed E-state index contributed by atoms with van der Waals surface area (Å²) in [5.74, 6) is -0.422. The smallest absolute Gasteiger partial charge is 0.311 e. The third-order valence-corrected chi connectivity index (χ3v) is 7.67. The van der Waals surface area contributed by atoms with Crippen molar-refractivity contribution in [3.8, 4) is 0 Å². The maximum Gasteiger partial charge on any atom is 0.311 e. The average molecular weight is 882 g/mol. The molecule has 0 bridgehead atoms. The molecule has 0 aliphatic rings. The molecule has 0 aliphatic heterocycles. The Balaban J connectivity index is -0.000000357. The van der Waals surface area contributed by atoms with Gasteiger partial charge in [-0.3, -0.25) is 28.8 Å². The first-order valence-corrected chi connectivity index (χ1v) is 21.3. The molecule has 16 nitrogen and oxygen atoms in total. The van der Waals surface area contributed by atoms with Crippen LogP contribution in [0.1, 0.15) is 114 Å². The van der Waals surface area contributed by atoms with Crippen LogP contribution in [0.2, 0.25) is 6.82 Å². The van der Waals surface area contributed by atoms with Crippen LogP contribution in [-0.4, -0.2) is 121 Å². The monoisotopic (exact) mass is 882 g/mol. The molecule has 358 valence electrons. The second-order valence-electron chi connectivity index (χ2n) is 17.2. The molecule has 0 aromatic heterocycles. The van der Waals surface area contributed by atoms with Crippen molar-refractivity contribution in [1.29, 1.82) is 0 Å². The number of nitrogens with two attached hydrogens (primary N) is 1. The van der Waals surface area contributed by atoms with Crippen LogP contribution in [0.5, 0.6) is 0 Å². The summed E-state index contributed by atoms with van der Waals surface area (Å²) in [7, 11) is 4.46. The van der Waals surface area contributed by atoms with E-state index < -0.39 is 16.9 Å². The minimum absolute atomic E-state index is 0.0182. The first kappa shape index (κ1) is 64.7. The van der Waals surface area contributed by atoms with Gasteiger partial charge in [-0.15, -0.1) is 0 Å². The molecule has 0 saturated heterocycles. The topological polar surface area (TPSA) is 231 Å². The first-order chi connectivity index (χ1) is 28.7. The van der Waals surface area contributed by atoms with Gasteiger partial charge in [0.15, 0.2) is 0 Å². The van der Waals surface area contributed by atoms with E-state index in [0.29, 0.717) is 65.4 Å². The molecular weight excluding hydrogens is 797 g/mol. The van der Waals surface area contributed by atoms with E-state index in [9.17, 15) is 28.8 Å². The van der Waals surface area contributed by atoms with Gasteiger partial charge in [-0.05, 0) is 109 Å². The number of nitrogens with one attached hydrogen (secondary N) is 4. The zero-order valence-corrected chi connectivity index (χ0v) is 40.9. The Morgan fingerprint density at radius 2 is 1.06 bits per heavy atom. The van der Waals surface area contributed by atoms with E-state index in [1.807, 2.05) is 114 Å². The van der Waals surface area contributed by atoms with Gasteiger partial charge < -0.3 is 45.9 Å². The molecule has 2 unspecified atom stereocenters. The Morgan fingerprint density at radius 1 is 0.661 bits per heavy atom. The number of rotatable bonds is 22. The van der Waals surface area contributed by atoms with E-state index in [0.717, 1.165) is 25.8 Å². The number of esters is 2. The number of ketones is 2. The van der Waals surface area contributed by atoms with Gasteiger partial charge in [-0.25, -0.2) is 0 Å². The molecule has 0 fully saturated rings. The molecule has 0 heterocycles. The number of ether oxygens (including phenoxy) is 4. The quantitative estimate of drug-likeness (QED) is 0.0609. The molecular formula is C45H84BN5O11. The summed E-state index contributed by atoms with van der Waals surface area (Å²) in [5, 5.41) is 11.4. The molecule has 62 heavy (non-hydrogen) atoms. The summed E-state index contributed by atoms with van der Waals surface area (Å²) in [6.45, 7) is 28.2. The second-order valence-corrected chi connectivity index (χ2v) is 17.2. The van der Waals surface area contributed by atoms with Crippen LogP contribution in [-0.2, 0) is 59.0 Å². The molecule has 1 rings (SSSR count). The SMILES string of the molecule is CB=O.CC(C)(C)C(=O)OCc1ccccc1.CC(C)(C)OC(=O)C(C)(C)C.CNCCOCCNC(=O)CCC(C)C(C)=O.CNCCOCCNC(=O)CCC(N)C(C)=O. The van der Waals surface area contributed by atoms with Crippen LogP contribution in [0.3, 0.4) is 0 Å². The largest absolute Gasteiger partial charge is 0.460 e. The van der Waals surface area contributed by atoms with Crippen molar-refractivity contribution in [2.45, 2.75) is 134 Å². The Kier molecular flexibility index (Phi) is 40.5. The fourth-order valence-corrected chi connectivity index (χ4v) is 3.67. The summed E-state index contributed by atoms with van der Waals surface area (Å²) in [6, 6.07) is 9.15. The van der Waals surface area contributed by atoms with Crippen molar-refractivity contribution in [3.05, 3.63) is 35.9 Å². The van der Waals surface area contributed by atoms with E-state index in [-0.39, 0.29) is 53.3 Å². The minimum Gasteiger partial charge on any atom is -0.460 e. The number of hydrogen-bond acceptors (Lipinski definition) is 14. The molecule has 0 spiro atoms. The summed E-state index contributed by atoms with van der Waals surface area (Å²) in [6.07, 6.45) is 1.68. The van der Waals surface area contributed by atoms with Crippen LogP contribution in [0.15, 0.2) is 30.3 Å². The van der Waals surface area contributed by atoms with Crippen LogP contribution >= 0.6 is 0 Å². The molecule has 2 atom stereocenters. The minimum atomic E-state index is -0.535. The Morgan fingerprint density at radius 3 is 1.40 bits per heavy atom. The second kappa shape index (κ2) is 38.8. The predicted octanol–water partition coefficient (Wildman–Crippen LogP) is 4.61. The molecule has 17 heteroatoms. The van der Waals surface area contributed by atoms with Crippen LogP contribution in [0.25, 0.3) is 0 Å². The number of hydrogen-bond donors (Lipinski definition) is 5. The standard InChI is InChI=1S/C12H24N2O3.C12H16O2.C11H23N3O3.C9H18O2.CH3BO/c1-10(11(2)15)4-5-12(16)14-7-9-17-8-6-13-3;1-12(2,3)11(13)14-9-10-7-5-4-6-8-10;1-9(15)10(12)3-4-11(16)14-6-8-17-7-5-13-2;1-8(2,3)7(10)11-9(4,5)6;1-2-3/h10,13H,4-9H2,1-3H3,(H,14,16);4-8H,9H2,1-3H3;10,13H,3-8,12H2,1-2H3,(H,14,16);1-6H3;1H3. The van der Waals surface area contributed by atoms with Crippen molar-refractivity contribution in [2.24, 2.45) is 22.5 Å². The van der Waals surface area contributed by atoms with E-state index in [1.54, 1.807) is 6.92 Å². The number of amides is 2. The number of likely N-dealkylation sites (N-methyl/N-ethyl adjacent to an activating group) is 2. The number of carbonyl (C=O) groups is 6. The third kappa shape index (κ3) is 47.2. The molecule has 0 saturated carbocycles. The third-order valence-electron chi connectivity index (χ3n) is 7.67. The van der Waals surface area contributed by atoms with Crippen molar-refractivity contribution in [2.75, 3.05) is 66.7 Å². The van der Waals surface area contributed by atoms with Crippen molar-refractivity contribution < 1.29 is 52.4 Å². The van der Waals surface area contributed by atoms with Crippen molar-refractivity contribution in [1.82, 2.24) is 21.3 Å². The van der Waals surface area contributed by atoms with Crippen molar-refractivity contribution in [3.63, 3.8) is 0 Å². The van der Waals surface area contributed by atoms with Gasteiger partial charge in [0.25, 0.3) is 0 Å². The molecule has 2 amide bonds. The summed E-state index contributed by atoms with van der Waals surface area (Å²) < 4.78 is 29.6. The number of Topliss-reactive ketones (excluding diaryl/α,β-unsaturated/α-hetero) is 2. The van der Waals surface area contributed by atoms with Gasteiger partial charge in [0.1, 0.15) is 23.8 Å². The van der Waals surface area contributed by atoms with Gasteiger partial charge in [-0.1, -0.05) is 37.3 Å². The van der Waals surface area contributed by atoms with Gasteiger partial charge in [0.05, 0.1) is 43.3 Å². The molecule has 0 aliphatic carbocycles. The zero-order chi connectivity index (χ0) is 48.8. The van der Waals surface area contributed by atoms with Gasteiger partial charge in [0.2, 0.25) is 11.8 Å². The van der Waals surface area contributed by atoms with Gasteiger partial charge in [-0.2, -0.15) is 0 Å². The summed E-state index contributed by atoms with van der Waals surface area (Å²) >= 11 is 0. The van der Waals surface area contributed by atoms with Crippen LogP contribution in [0, 0.1) is 16.7 Å². The molecule has 1 aromatic rings. The van der Waals surface area contributed by atoms with Crippen molar-refractivity contribution >= 4 is 42.5 Å². The first-order valence-electron chi connectivity index (χ1n) is 21.3. The van der Waals surface area contributed by atoms with E-state index in [1.165, 1.54) is 13.7 Å². The Labute approximate surface area is 374 Å².